The number of hydrogen-bond donors (Lipinski definition) is 2. The van der Waals surface area contributed by atoms with Crippen LogP contribution in [0.2, 0.25) is 0 Å². The van der Waals surface area contributed by atoms with Crippen LogP contribution >= 0.6 is 0 Å². The van der Waals surface area contributed by atoms with E-state index in [4.69, 9.17) is 10.7 Å². The van der Waals surface area contributed by atoms with Crippen LogP contribution in [0, 0.1) is 12.7 Å². The van der Waals surface area contributed by atoms with Gasteiger partial charge in [-0.1, -0.05) is 12.1 Å². The molecule has 2 aromatic carbocycles. The van der Waals surface area contributed by atoms with Gasteiger partial charge in [0.1, 0.15) is 5.82 Å². The molecule has 5 rings (SSSR count). The highest BCUT2D eigenvalue weighted by Gasteiger charge is 2.25. The van der Waals surface area contributed by atoms with E-state index in [1.165, 1.54) is 21.4 Å². The summed E-state index contributed by atoms with van der Waals surface area (Å²) in [7, 11) is 3.41. The lowest BCUT2D eigenvalue weighted by Gasteiger charge is -2.22. The number of nitrogens with zero attached hydrogens (tertiary/aromatic N) is 5. The summed E-state index contributed by atoms with van der Waals surface area (Å²) in [6.45, 7) is 4.85. The molecule has 3 heterocycles. The number of primary amides is 1. The lowest BCUT2D eigenvalue weighted by Crippen LogP contribution is -2.28. The normalized spacial score (nSPS) is 13.8. The summed E-state index contributed by atoms with van der Waals surface area (Å²) < 4.78 is 16.8. The van der Waals surface area contributed by atoms with E-state index in [2.05, 4.69) is 10.4 Å². The molecule has 9 nitrogen and oxygen atoms in total. The molecule has 1 aliphatic rings. The molecule has 1 atom stereocenters. The molecule has 0 fully saturated rings. The maximum Gasteiger partial charge on any atom is 0.271 e. The number of carbonyl (C=O) groups is 1. The van der Waals surface area contributed by atoms with E-state index in [1.54, 1.807) is 26.4 Å². The first-order valence-corrected chi connectivity index (χ1v) is 11.3. The standard InChI is InChI=1S/C25H26FN7O2/c1-13-7-18(14(2)28-20-12-31(3)30-22(20)23(27)34)21-19(8-13)24(35)32(4)25(29-21)33-10-15-5-6-17(26)9-16(15)11-33/h5-9,12,14,28H,10-11H2,1-4H3,(H2,27,34)/t14-/m1/s1. The van der Waals surface area contributed by atoms with Crippen LogP contribution in [-0.2, 0) is 27.2 Å². The minimum atomic E-state index is -0.631. The fraction of sp³-hybridized carbons (Fsp3) is 0.280. The minimum Gasteiger partial charge on any atom is -0.375 e. The Hall–Kier alpha value is -4.21. The predicted octanol–water partition coefficient (Wildman–Crippen LogP) is 2.91. The summed E-state index contributed by atoms with van der Waals surface area (Å²) in [4.78, 5) is 32.1. The van der Waals surface area contributed by atoms with Gasteiger partial charge >= 0.3 is 0 Å². The number of amides is 1. The number of halogens is 1. The fourth-order valence-electron chi connectivity index (χ4n) is 4.75. The van der Waals surface area contributed by atoms with Gasteiger partial charge in [-0.05, 0) is 48.7 Å². The zero-order chi connectivity index (χ0) is 25.0. The van der Waals surface area contributed by atoms with Crippen molar-refractivity contribution >= 4 is 28.4 Å². The third kappa shape index (κ3) is 3.90. The van der Waals surface area contributed by atoms with Crippen LogP contribution in [0.4, 0.5) is 16.0 Å². The van der Waals surface area contributed by atoms with E-state index >= 15 is 0 Å². The average molecular weight is 476 g/mol. The molecule has 0 bridgehead atoms. The van der Waals surface area contributed by atoms with E-state index in [0.717, 1.165) is 22.3 Å². The van der Waals surface area contributed by atoms with E-state index in [9.17, 15) is 14.0 Å². The number of carbonyl (C=O) groups excluding carboxylic acids is 1. The van der Waals surface area contributed by atoms with Crippen LogP contribution in [0.5, 0.6) is 0 Å². The first kappa shape index (κ1) is 22.6. The van der Waals surface area contributed by atoms with Gasteiger partial charge in [-0.15, -0.1) is 0 Å². The second-order valence-corrected chi connectivity index (χ2v) is 9.09. The summed E-state index contributed by atoms with van der Waals surface area (Å²) in [5.74, 6) is -0.404. The Bertz CT molecular complexity index is 1560. The van der Waals surface area contributed by atoms with E-state index in [0.29, 0.717) is 35.6 Å². The summed E-state index contributed by atoms with van der Waals surface area (Å²) in [6.07, 6.45) is 1.69. The lowest BCUT2D eigenvalue weighted by molar-refractivity contribution is 0.0995. The molecule has 35 heavy (non-hydrogen) atoms. The van der Waals surface area contributed by atoms with Crippen molar-refractivity contribution in [2.45, 2.75) is 33.0 Å². The van der Waals surface area contributed by atoms with Crippen molar-refractivity contribution in [3.63, 3.8) is 0 Å². The second-order valence-electron chi connectivity index (χ2n) is 9.09. The SMILES string of the molecule is Cc1cc([C@@H](C)Nc2cn(C)nc2C(N)=O)c2nc(N3Cc4ccc(F)cc4C3)n(C)c(=O)c2c1. The number of aryl methyl sites for hydroxylation is 2. The number of rotatable bonds is 5. The van der Waals surface area contributed by atoms with Crippen LogP contribution in [0.3, 0.4) is 0 Å². The van der Waals surface area contributed by atoms with Crippen molar-refractivity contribution in [2.24, 2.45) is 19.8 Å². The van der Waals surface area contributed by atoms with E-state index < -0.39 is 5.91 Å². The molecule has 0 saturated carbocycles. The number of anilines is 2. The Morgan fingerprint density at radius 2 is 1.91 bits per heavy atom. The quantitative estimate of drug-likeness (QED) is 0.459. The van der Waals surface area contributed by atoms with Gasteiger partial charge < -0.3 is 16.0 Å². The van der Waals surface area contributed by atoms with Crippen molar-refractivity contribution in [1.82, 2.24) is 19.3 Å². The number of hydrogen-bond acceptors (Lipinski definition) is 6. The number of nitrogens with two attached hydrogens (primary N) is 1. The zero-order valence-corrected chi connectivity index (χ0v) is 20.0. The number of nitrogens with one attached hydrogen (secondary N) is 1. The van der Waals surface area contributed by atoms with E-state index in [1.807, 2.05) is 30.9 Å². The van der Waals surface area contributed by atoms with Gasteiger partial charge in [0.05, 0.1) is 22.6 Å². The van der Waals surface area contributed by atoms with Gasteiger partial charge in [-0.3, -0.25) is 18.8 Å². The lowest BCUT2D eigenvalue weighted by atomic mass is 10.0. The highest BCUT2D eigenvalue weighted by atomic mass is 19.1. The van der Waals surface area contributed by atoms with Gasteiger partial charge in [0.15, 0.2) is 5.69 Å². The number of benzene rings is 2. The topological polar surface area (TPSA) is 111 Å². The molecule has 1 aliphatic heterocycles. The molecular weight excluding hydrogens is 449 g/mol. The highest BCUT2D eigenvalue weighted by molar-refractivity contribution is 5.96. The molecule has 2 aromatic heterocycles. The molecule has 1 amide bonds. The van der Waals surface area contributed by atoms with Crippen molar-refractivity contribution < 1.29 is 9.18 Å². The van der Waals surface area contributed by atoms with Gasteiger partial charge in [0, 0.05) is 38.9 Å². The smallest absolute Gasteiger partial charge is 0.271 e. The van der Waals surface area contributed by atoms with Crippen LogP contribution in [0.15, 0.2) is 41.3 Å². The van der Waals surface area contributed by atoms with Gasteiger partial charge in [0.25, 0.3) is 11.5 Å². The maximum absolute atomic E-state index is 13.8. The highest BCUT2D eigenvalue weighted by Crippen LogP contribution is 2.31. The maximum atomic E-state index is 13.8. The van der Waals surface area contributed by atoms with Crippen LogP contribution < -0.4 is 21.5 Å². The Balaban J connectivity index is 1.60. The average Bonchev–Trinajstić information content (AvgIpc) is 3.38. The molecule has 4 aromatic rings. The number of fused-ring (bicyclic) bond motifs is 2. The van der Waals surface area contributed by atoms with Crippen molar-refractivity contribution in [3.05, 3.63) is 80.6 Å². The molecule has 10 heteroatoms. The van der Waals surface area contributed by atoms with Crippen LogP contribution in [-0.4, -0.2) is 25.2 Å². The fourth-order valence-corrected chi connectivity index (χ4v) is 4.75. The Morgan fingerprint density at radius 1 is 1.17 bits per heavy atom. The molecule has 180 valence electrons. The summed E-state index contributed by atoms with van der Waals surface area (Å²) in [6, 6.07) is 8.25. The molecule has 0 radical (unpaired) electrons. The number of aromatic nitrogens is 4. The molecule has 0 spiro atoms. The monoisotopic (exact) mass is 475 g/mol. The Morgan fingerprint density at radius 3 is 2.66 bits per heavy atom. The molecular formula is C25H26FN7O2. The first-order chi connectivity index (χ1) is 16.6. The van der Waals surface area contributed by atoms with E-state index in [-0.39, 0.29) is 23.1 Å². The van der Waals surface area contributed by atoms with Crippen molar-refractivity contribution in [1.29, 1.82) is 0 Å². The summed E-state index contributed by atoms with van der Waals surface area (Å²) in [5, 5.41) is 7.94. The van der Waals surface area contributed by atoms with Crippen molar-refractivity contribution in [2.75, 3.05) is 10.2 Å². The third-order valence-electron chi connectivity index (χ3n) is 6.40. The minimum absolute atomic E-state index is 0.142. The largest absolute Gasteiger partial charge is 0.375 e. The zero-order valence-electron chi connectivity index (χ0n) is 20.0. The Kier molecular flexibility index (Phi) is 5.31. The summed E-state index contributed by atoms with van der Waals surface area (Å²) in [5.41, 5.74) is 10.2. The Labute approximate surface area is 201 Å². The molecule has 0 aliphatic carbocycles. The van der Waals surface area contributed by atoms with Gasteiger partial charge in [-0.2, -0.15) is 5.10 Å². The van der Waals surface area contributed by atoms with Crippen LogP contribution in [0.25, 0.3) is 10.9 Å². The first-order valence-electron chi connectivity index (χ1n) is 11.3. The summed E-state index contributed by atoms with van der Waals surface area (Å²) >= 11 is 0. The second kappa shape index (κ2) is 8.23. The molecule has 3 N–H and O–H groups in total. The molecule has 0 saturated heterocycles. The molecule has 0 unspecified atom stereocenters. The van der Waals surface area contributed by atoms with Gasteiger partial charge in [-0.25, -0.2) is 9.37 Å². The van der Waals surface area contributed by atoms with Crippen molar-refractivity contribution in [3.8, 4) is 0 Å². The third-order valence-corrected chi connectivity index (χ3v) is 6.40. The van der Waals surface area contributed by atoms with Crippen LogP contribution in [0.1, 0.15) is 45.7 Å². The van der Waals surface area contributed by atoms with Gasteiger partial charge in [0.2, 0.25) is 5.95 Å². The predicted molar refractivity (Wildman–Crippen MR) is 132 cm³/mol.